The predicted octanol–water partition coefficient (Wildman–Crippen LogP) is 6.56. The Morgan fingerprint density at radius 3 is 2.33 bits per heavy atom. The molecule has 1 aromatic heterocycles. The van der Waals surface area contributed by atoms with Crippen LogP contribution in [0.2, 0.25) is 5.02 Å². The summed E-state index contributed by atoms with van der Waals surface area (Å²) in [6.45, 7) is 0. The molecule has 7 heteroatoms. The van der Waals surface area contributed by atoms with Crippen molar-refractivity contribution in [2.75, 3.05) is 5.32 Å². The highest BCUT2D eigenvalue weighted by Crippen LogP contribution is 2.46. The smallest absolute Gasteiger partial charge is 0.325 e. The molecular weight excluding hydrogens is 395 g/mol. The van der Waals surface area contributed by atoms with Gasteiger partial charge in [0.2, 0.25) is 5.91 Å². The zero-order chi connectivity index (χ0) is 19.2. The third-order valence-corrected chi connectivity index (χ3v) is 5.93. The standard InChI is InChI=1S/C20H13ClF3NOS/c21-14-7-3-12(4-8-14)16-10-27-19-15(9-17(26)25-18(16)19)11-1-5-13(6-2-11)20(22,23)24/h1-8,10,15H,9H2,(H,25,26)/t15-/m1/s1. The molecule has 3 aromatic rings. The Morgan fingerprint density at radius 1 is 1.04 bits per heavy atom. The molecule has 0 saturated heterocycles. The van der Waals surface area contributed by atoms with E-state index in [0.29, 0.717) is 10.6 Å². The molecule has 2 aromatic carbocycles. The average molecular weight is 408 g/mol. The lowest BCUT2D eigenvalue weighted by atomic mass is 9.88. The lowest BCUT2D eigenvalue weighted by Crippen LogP contribution is -2.22. The van der Waals surface area contributed by atoms with Crippen LogP contribution in [0.3, 0.4) is 0 Å². The number of carbonyl (C=O) groups excluding carboxylic acids is 1. The van der Waals surface area contributed by atoms with Gasteiger partial charge in [0.05, 0.1) is 11.3 Å². The van der Waals surface area contributed by atoms with Gasteiger partial charge in [0.15, 0.2) is 0 Å². The van der Waals surface area contributed by atoms with E-state index in [2.05, 4.69) is 5.32 Å². The molecule has 1 atom stereocenters. The fourth-order valence-corrected chi connectivity index (χ4v) is 4.53. The number of benzene rings is 2. The van der Waals surface area contributed by atoms with Crippen LogP contribution < -0.4 is 5.32 Å². The van der Waals surface area contributed by atoms with E-state index in [1.165, 1.54) is 23.5 Å². The van der Waals surface area contributed by atoms with Gasteiger partial charge < -0.3 is 5.32 Å². The molecule has 0 saturated carbocycles. The number of hydrogen-bond donors (Lipinski definition) is 1. The summed E-state index contributed by atoms with van der Waals surface area (Å²) in [4.78, 5) is 13.2. The third kappa shape index (κ3) is 3.47. The third-order valence-electron chi connectivity index (χ3n) is 4.59. The van der Waals surface area contributed by atoms with Crippen molar-refractivity contribution in [3.63, 3.8) is 0 Å². The molecule has 0 spiro atoms. The summed E-state index contributed by atoms with van der Waals surface area (Å²) >= 11 is 7.44. The number of fused-ring (bicyclic) bond motifs is 1. The van der Waals surface area contributed by atoms with Crippen molar-refractivity contribution in [2.24, 2.45) is 0 Å². The van der Waals surface area contributed by atoms with E-state index in [9.17, 15) is 18.0 Å². The molecule has 138 valence electrons. The molecule has 1 N–H and O–H groups in total. The Kier molecular flexibility index (Phi) is 4.48. The number of carbonyl (C=O) groups is 1. The summed E-state index contributed by atoms with van der Waals surface area (Å²) in [5.41, 5.74) is 2.54. The minimum atomic E-state index is -4.38. The van der Waals surface area contributed by atoms with E-state index >= 15 is 0 Å². The van der Waals surface area contributed by atoms with Crippen LogP contribution in [0.1, 0.15) is 28.3 Å². The van der Waals surface area contributed by atoms with Crippen molar-refractivity contribution in [3.05, 3.63) is 74.9 Å². The van der Waals surface area contributed by atoms with Gasteiger partial charge in [-0.1, -0.05) is 35.9 Å². The summed E-state index contributed by atoms with van der Waals surface area (Å²) in [5.74, 6) is -0.414. The molecule has 27 heavy (non-hydrogen) atoms. The molecule has 2 nitrogen and oxygen atoms in total. The minimum Gasteiger partial charge on any atom is -0.325 e. The van der Waals surface area contributed by atoms with Gasteiger partial charge >= 0.3 is 6.18 Å². The molecule has 1 aliphatic rings. The predicted molar refractivity (Wildman–Crippen MR) is 101 cm³/mol. The lowest BCUT2D eigenvalue weighted by Gasteiger charge is -2.24. The van der Waals surface area contributed by atoms with E-state index in [4.69, 9.17) is 11.6 Å². The van der Waals surface area contributed by atoms with Crippen LogP contribution in [0, 0.1) is 0 Å². The van der Waals surface area contributed by atoms with Crippen molar-refractivity contribution < 1.29 is 18.0 Å². The second-order valence-corrected chi connectivity index (χ2v) is 7.67. The Labute approximate surface area is 162 Å². The van der Waals surface area contributed by atoms with Crippen LogP contribution in [0.15, 0.2) is 53.9 Å². The summed E-state index contributed by atoms with van der Waals surface area (Å²) < 4.78 is 38.4. The summed E-state index contributed by atoms with van der Waals surface area (Å²) in [5, 5.41) is 5.49. The number of anilines is 1. The molecule has 1 amide bonds. The number of halogens is 4. The fraction of sp³-hybridized carbons (Fsp3) is 0.150. The van der Waals surface area contributed by atoms with Crippen molar-refractivity contribution in [1.82, 2.24) is 0 Å². The van der Waals surface area contributed by atoms with Crippen LogP contribution in [0.25, 0.3) is 11.1 Å². The maximum Gasteiger partial charge on any atom is 0.416 e. The average Bonchev–Trinajstić information content (AvgIpc) is 3.05. The number of thiophene rings is 1. The van der Waals surface area contributed by atoms with Gasteiger partial charge in [0.1, 0.15) is 0 Å². The van der Waals surface area contributed by atoms with Crippen LogP contribution in [0.4, 0.5) is 18.9 Å². The van der Waals surface area contributed by atoms with Crippen LogP contribution in [-0.4, -0.2) is 5.91 Å². The molecule has 0 unspecified atom stereocenters. The van der Waals surface area contributed by atoms with Gasteiger partial charge in [-0.3, -0.25) is 4.79 Å². The molecule has 0 aliphatic carbocycles. The van der Waals surface area contributed by atoms with E-state index in [1.807, 2.05) is 17.5 Å². The van der Waals surface area contributed by atoms with Gasteiger partial charge in [-0.15, -0.1) is 11.3 Å². The Morgan fingerprint density at radius 2 is 1.70 bits per heavy atom. The summed E-state index contributed by atoms with van der Waals surface area (Å²) in [6, 6.07) is 12.3. The quantitative estimate of drug-likeness (QED) is 0.512. The van der Waals surface area contributed by atoms with Crippen molar-refractivity contribution >= 4 is 34.5 Å². The Hall–Kier alpha value is -2.31. The molecule has 4 rings (SSSR count). The highest BCUT2D eigenvalue weighted by molar-refractivity contribution is 7.11. The molecule has 0 radical (unpaired) electrons. The maximum atomic E-state index is 12.8. The summed E-state index contributed by atoms with van der Waals surface area (Å²) in [7, 11) is 0. The first-order valence-corrected chi connectivity index (χ1v) is 9.43. The first kappa shape index (κ1) is 18.1. The second-order valence-electron chi connectivity index (χ2n) is 6.32. The van der Waals surface area contributed by atoms with Crippen molar-refractivity contribution in [2.45, 2.75) is 18.5 Å². The number of rotatable bonds is 2. The second kappa shape index (κ2) is 6.69. The lowest BCUT2D eigenvalue weighted by molar-refractivity contribution is -0.137. The zero-order valence-corrected chi connectivity index (χ0v) is 15.4. The highest BCUT2D eigenvalue weighted by atomic mass is 35.5. The number of hydrogen-bond acceptors (Lipinski definition) is 2. The zero-order valence-electron chi connectivity index (χ0n) is 13.8. The first-order chi connectivity index (χ1) is 12.8. The van der Waals surface area contributed by atoms with Gasteiger partial charge in [-0.05, 0) is 35.4 Å². The Balaban J connectivity index is 1.74. The molecule has 2 heterocycles. The molecule has 0 bridgehead atoms. The van der Waals surface area contributed by atoms with E-state index in [0.717, 1.165) is 33.8 Å². The van der Waals surface area contributed by atoms with Crippen LogP contribution in [0.5, 0.6) is 0 Å². The van der Waals surface area contributed by atoms with Gasteiger partial charge in [0.25, 0.3) is 0 Å². The van der Waals surface area contributed by atoms with E-state index in [-0.39, 0.29) is 18.2 Å². The van der Waals surface area contributed by atoms with Gasteiger partial charge in [0, 0.05) is 33.2 Å². The number of amides is 1. The van der Waals surface area contributed by atoms with Gasteiger partial charge in [-0.25, -0.2) is 0 Å². The molecule has 0 fully saturated rings. The summed E-state index contributed by atoms with van der Waals surface area (Å²) in [6.07, 6.45) is -4.17. The normalized spacial score (nSPS) is 16.7. The monoisotopic (exact) mass is 407 g/mol. The molecule has 1 aliphatic heterocycles. The van der Waals surface area contributed by atoms with Gasteiger partial charge in [-0.2, -0.15) is 13.2 Å². The Bertz CT molecular complexity index is 994. The molecular formula is C20H13ClF3NOS. The highest BCUT2D eigenvalue weighted by Gasteiger charge is 2.33. The van der Waals surface area contributed by atoms with Crippen LogP contribution >= 0.6 is 22.9 Å². The van der Waals surface area contributed by atoms with Crippen LogP contribution in [-0.2, 0) is 11.0 Å². The van der Waals surface area contributed by atoms with E-state index < -0.39 is 11.7 Å². The van der Waals surface area contributed by atoms with Crippen molar-refractivity contribution in [1.29, 1.82) is 0 Å². The topological polar surface area (TPSA) is 29.1 Å². The largest absolute Gasteiger partial charge is 0.416 e. The number of nitrogens with one attached hydrogen (secondary N) is 1. The first-order valence-electron chi connectivity index (χ1n) is 8.17. The minimum absolute atomic E-state index is 0.152. The van der Waals surface area contributed by atoms with E-state index in [1.54, 1.807) is 12.1 Å². The maximum absolute atomic E-state index is 12.8. The SMILES string of the molecule is O=C1C[C@H](c2ccc(C(F)(F)F)cc2)c2scc(-c3ccc(Cl)cc3)c2N1. The number of alkyl halides is 3. The van der Waals surface area contributed by atoms with Crippen molar-refractivity contribution in [3.8, 4) is 11.1 Å². The fourth-order valence-electron chi connectivity index (χ4n) is 3.24.